The number of benzene rings is 5. The fourth-order valence-electron chi connectivity index (χ4n) is 10.5. The summed E-state index contributed by atoms with van der Waals surface area (Å²) in [6.45, 7) is -0.897. The van der Waals surface area contributed by atoms with Gasteiger partial charge in [0.05, 0.1) is 35.2 Å². The number of hydrogen-bond acceptors (Lipinski definition) is 12. The number of aliphatic hydroxyl groups is 2. The van der Waals surface area contributed by atoms with Crippen LogP contribution < -0.4 is 15.4 Å². The maximum Gasteiger partial charge on any atom is 0.421 e. The quantitative estimate of drug-likeness (QED) is 0.0430. The van der Waals surface area contributed by atoms with Crippen LogP contribution in [0.5, 0.6) is 5.75 Å². The van der Waals surface area contributed by atoms with E-state index in [0.717, 1.165) is 30.6 Å². The van der Waals surface area contributed by atoms with Crippen molar-refractivity contribution < 1.29 is 48.5 Å². The van der Waals surface area contributed by atoms with Gasteiger partial charge in [0.25, 0.3) is 5.69 Å². The molecule has 4 aliphatic rings. The highest BCUT2D eigenvalue weighted by Gasteiger charge is 2.76. The summed E-state index contributed by atoms with van der Waals surface area (Å²) in [6.07, 6.45) is 2.36. The Morgan fingerprint density at radius 2 is 1.51 bits per heavy atom. The summed E-state index contributed by atoms with van der Waals surface area (Å²) in [5.41, 5.74) is 5.44. The molecule has 3 amide bonds. The number of nitrogens with two attached hydrogens (primary N) is 1. The van der Waals surface area contributed by atoms with Crippen molar-refractivity contribution in [2.75, 3.05) is 18.1 Å². The third-order valence-corrected chi connectivity index (χ3v) is 13.4. The highest BCUT2D eigenvalue weighted by molar-refractivity contribution is 6.23. The fourth-order valence-corrected chi connectivity index (χ4v) is 10.5. The minimum absolute atomic E-state index is 0.0338. The van der Waals surface area contributed by atoms with E-state index in [1.54, 1.807) is 41.3 Å². The zero-order valence-electron chi connectivity index (χ0n) is 36.4. The average Bonchev–Trinajstić information content (AvgIpc) is 3.68. The van der Waals surface area contributed by atoms with E-state index in [0.29, 0.717) is 40.7 Å². The molecule has 5 aromatic carbocycles. The molecule has 2 saturated heterocycles. The van der Waals surface area contributed by atoms with Gasteiger partial charge in [-0.1, -0.05) is 104 Å². The van der Waals surface area contributed by atoms with E-state index in [1.165, 1.54) is 30.3 Å². The van der Waals surface area contributed by atoms with Crippen molar-refractivity contribution in [3.05, 3.63) is 171 Å². The van der Waals surface area contributed by atoms with E-state index in [4.69, 9.17) is 19.9 Å². The molecule has 1 spiro atoms. The Morgan fingerprint density at radius 3 is 2.16 bits per heavy atom. The van der Waals surface area contributed by atoms with Gasteiger partial charge in [-0.25, -0.2) is 9.69 Å². The maximum atomic E-state index is 16.2. The second-order valence-corrected chi connectivity index (χ2v) is 17.3. The van der Waals surface area contributed by atoms with E-state index in [1.807, 2.05) is 60.7 Å². The summed E-state index contributed by atoms with van der Waals surface area (Å²) >= 11 is 0. The number of ether oxygens (including phenoxy) is 3. The summed E-state index contributed by atoms with van der Waals surface area (Å²) in [5, 5.41) is 33.0. The van der Waals surface area contributed by atoms with Crippen molar-refractivity contribution in [3.8, 4) is 17.6 Å². The summed E-state index contributed by atoms with van der Waals surface area (Å²) in [7, 11) is 0. The number of fused-ring (bicyclic) bond motifs is 3. The molecule has 6 atom stereocenters. The third kappa shape index (κ3) is 8.07. The number of nitro benzene ring substituents is 1. The summed E-state index contributed by atoms with van der Waals surface area (Å²) in [4.78, 5) is 74.0. The molecule has 3 fully saturated rings. The number of esters is 1. The first-order valence-corrected chi connectivity index (χ1v) is 22.3. The predicted octanol–water partition coefficient (Wildman–Crippen LogP) is 6.89. The second-order valence-electron chi connectivity index (χ2n) is 17.3. The summed E-state index contributed by atoms with van der Waals surface area (Å²) < 4.78 is 18.4. The topological polar surface area (TPSA) is 212 Å². The SMILES string of the molecule is NC(=O)[C@H]1[C@@H]2C(=O)O[C@@H](c3ccccc3)[C@@H](c3ccccc3)N2[C@@H](c2ccccc2OCCO)[C@]12C(=O)N(C(=O)OCc1ccc([N+](=O)[O-])cc1)c1ccc(C#CC3(O)CCCCCC3)cc12. The Balaban J connectivity index is 1.30. The van der Waals surface area contributed by atoms with E-state index >= 15 is 9.59 Å². The van der Waals surface area contributed by atoms with Crippen molar-refractivity contribution in [1.82, 2.24) is 4.90 Å². The van der Waals surface area contributed by atoms with Gasteiger partial charge in [0.2, 0.25) is 11.8 Å². The van der Waals surface area contributed by atoms with E-state index in [-0.39, 0.29) is 42.5 Å². The number of nitro groups is 1. The van der Waals surface area contributed by atoms with Gasteiger partial charge in [-0.05, 0) is 84.3 Å². The molecule has 3 heterocycles. The fraction of sp³-hybridized carbons (Fsp3) is 0.308. The van der Waals surface area contributed by atoms with Crippen molar-refractivity contribution in [2.24, 2.45) is 11.7 Å². The van der Waals surface area contributed by atoms with Gasteiger partial charge in [0.1, 0.15) is 42.1 Å². The number of carbonyl (C=O) groups excluding carboxylic acids is 4. The van der Waals surface area contributed by atoms with E-state index < -0.39 is 70.0 Å². The molecule has 67 heavy (non-hydrogen) atoms. The van der Waals surface area contributed by atoms with Gasteiger partial charge in [0, 0.05) is 23.3 Å². The van der Waals surface area contributed by atoms with Crippen LogP contribution in [0.2, 0.25) is 0 Å². The molecule has 0 bridgehead atoms. The number of carbonyl (C=O) groups is 4. The Hall–Kier alpha value is -7.38. The van der Waals surface area contributed by atoms with Crippen LogP contribution in [-0.4, -0.2) is 68.8 Å². The smallest absolute Gasteiger partial charge is 0.421 e. The maximum absolute atomic E-state index is 16.2. The highest BCUT2D eigenvalue weighted by Crippen LogP contribution is 2.66. The zero-order chi connectivity index (χ0) is 46.9. The first kappa shape index (κ1) is 44.8. The molecule has 15 heteroatoms. The molecular formula is C52H48N4O11. The van der Waals surface area contributed by atoms with Crippen LogP contribution in [0, 0.1) is 27.9 Å². The molecule has 1 aliphatic carbocycles. The van der Waals surface area contributed by atoms with Gasteiger partial charge >= 0.3 is 12.1 Å². The van der Waals surface area contributed by atoms with Crippen LogP contribution >= 0.6 is 0 Å². The first-order valence-electron chi connectivity index (χ1n) is 22.3. The summed E-state index contributed by atoms with van der Waals surface area (Å²) in [6, 6.07) is 31.6. The Bertz CT molecular complexity index is 2770. The number of amides is 3. The van der Waals surface area contributed by atoms with Crippen LogP contribution in [0.3, 0.4) is 0 Å². The lowest BCUT2D eigenvalue weighted by Crippen LogP contribution is -2.55. The van der Waals surface area contributed by atoms with Crippen LogP contribution in [0.4, 0.5) is 16.2 Å². The van der Waals surface area contributed by atoms with Gasteiger partial charge in [-0.3, -0.25) is 29.4 Å². The van der Waals surface area contributed by atoms with Gasteiger partial charge in [-0.2, -0.15) is 0 Å². The molecule has 15 nitrogen and oxygen atoms in total. The number of primary amides is 1. The van der Waals surface area contributed by atoms with E-state index in [9.17, 15) is 29.9 Å². The minimum Gasteiger partial charge on any atom is -0.491 e. The molecule has 4 N–H and O–H groups in total. The van der Waals surface area contributed by atoms with Crippen molar-refractivity contribution >= 4 is 35.3 Å². The van der Waals surface area contributed by atoms with Crippen LogP contribution in [0.25, 0.3) is 0 Å². The lowest BCUT2D eigenvalue weighted by Gasteiger charge is -2.46. The Morgan fingerprint density at radius 1 is 0.851 bits per heavy atom. The van der Waals surface area contributed by atoms with E-state index in [2.05, 4.69) is 11.8 Å². The number of hydrogen-bond donors (Lipinski definition) is 3. The number of morpholine rings is 1. The number of imide groups is 1. The van der Waals surface area contributed by atoms with Gasteiger partial charge in [0.15, 0.2) is 0 Å². The molecule has 1 saturated carbocycles. The van der Waals surface area contributed by atoms with Crippen LogP contribution in [0.15, 0.2) is 127 Å². The number of para-hydroxylation sites is 1. The van der Waals surface area contributed by atoms with Crippen LogP contribution in [-0.2, 0) is 35.9 Å². The lowest BCUT2D eigenvalue weighted by molar-refractivity contribution is -0.384. The Labute approximate surface area is 386 Å². The molecular weight excluding hydrogens is 857 g/mol. The predicted molar refractivity (Wildman–Crippen MR) is 243 cm³/mol. The molecule has 342 valence electrons. The standard InChI is InChI=1S/C52H48N4O11/c53-47(58)42-44-48(59)67-45(36-15-7-4-8-16-36)43(35-13-5-3-6-14-35)55(44)46(38-17-9-10-18-41(38)65-30-29-57)52(42)39-31-33(25-28-51(62)26-11-1-2-12-27-51)21-24-40(39)54(49(52)60)50(61)66-32-34-19-22-37(23-20-34)56(63)64/h3-10,13-24,31,42-46,57,62H,1-2,11-12,26-27,29-30,32H2,(H2,53,58)/t42-,43-,44-,45+,46+,52-/m1/s1. The van der Waals surface area contributed by atoms with Crippen molar-refractivity contribution in [1.29, 1.82) is 0 Å². The molecule has 5 aromatic rings. The molecule has 0 radical (unpaired) electrons. The van der Waals surface area contributed by atoms with Crippen molar-refractivity contribution in [2.45, 2.75) is 80.4 Å². The third-order valence-electron chi connectivity index (χ3n) is 13.4. The second kappa shape index (κ2) is 18.5. The molecule has 0 unspecified atom stereocenters. The highest BCUT2D eigenvalue weighted by atomic mass is 16.6. The summed E-state index contributed by atoms with van der Waals surface area (Å²) in [5.74, 6) is 1.97. The monoisotopic (exact) mass is 904 g/mol. The van der Waals surface area contributed by atoms with Crippen LogP contribution in [0.1, 0.15) is 90.1 Å². The molecule has 3 aliphatic heterocycles. The zero-order valence-corrected chi connectivity index (χ0v) is 36.4. The number of rotatable bonds is 10. The number of aliphatic hydroxyl groups excluding tert-OH is 1. The normalized spacial score (nSPS) is 24.1. The van der Waals surface area contributed by atoms with Crippen molar-refractivity contribution in [3.63, 3.8) is 0 Å². The van der Waals surface area contributed by atoms with Gasteiger partial charge in [-0.15, -0.1) is 0 Å². The lowest BCUT2D eigenvalue weighted by atomic mass is 9.65. The first-order chi connectivity index (χ1) is 32.5. The van der Waals surface area contributed by atoms with Gasteiger partial charge < -0.3 is 30.2 Å². The molecule has 0 aromatic heterocycles. The number of non-ortho nitro benzene ring substituents is 1. The molecule has 9 rings (SSSR count). The Kier molecular flexibility index (Phi) is 12.4. The average molecular weight is 905 g/mol. The number of anilines is 1. The minimum atomic E-state index is -2.20. The number of cyclic esters (lactones) is 1. The number of nitrogens with zero attached hydrogens (tertiary/aromatic N) is 3. The largest absolute Gasteiger partial charge is 0.491 e.